The van der Waals surface area contributed by atoms with Crippen molar-refractivity contribution in [1.82, 2.24) is 5.32 Å². The third-order valence-corrected chi connectivity index (χ3v) is 3.91. The fourth-order valence-electron chi connectivity index (χ4n) is 2.37. The van der Waals surface area contributed by atoms with Gasteiger partial charge in [0, 0.05) is 6.54 Å². The molecule has 0 unspecified atom stereocenters. The maximum Gasteiger partial charge on any atom is 0.261 e. The SMILES string of the molecule is CC[C@@H](Oc1ccc(C)cc1)C(=O)NC[C@@H](C)c1ccccc1. The second kappa shape index (κ2) is 8.37. The topological polar surface area (TPSA) is 38.3 Å². The second-order valence-electron chi connectivity index (χ2n) is 5.88. The van der Waals surface area contributed by atoms with Crippen molar-refractivity contribution in [1.29, 1.82) is 0 Å². The van der Waals surface area contributed by atoms with E-state index in [4.69, 9.17) is 4.74 Å². The van der Waals surface area contributed by atoms with E-state index in [1.165, 1.54) is 11.1 Å². The van der Waals surface area contributed by atoms with Crippen LogP contribution in [0.3, 0.4) is 0 Å². The molecule has 0 saturated heterocycles. The largest absolute Gasteiger partial charge is 0.481 e. The zero-order valence-electron chi connectivity index (χ0n) is 14.1. The van der Waals surface area contributed by atoms with Crippen LogP contribution in [0.5, 0.6) is 5.75 Å². The number of nitrogens with one attached hydrogen (secondary N) is 1. The molecular weight excluding hydrogens is 286 g/mol. The van der Waals surface area contributed by atoms with Gasteiger partial charge >= 0.3 is 0 Å². The maximum absolute atomic E-state index is 12.3. The smallest absolute Gasteiger partial charge is 0.261 e. The zero-order chi connectivity index (χ0) is 16.7. The van der Waals surface area contributed by atoms with E-state index < -0.39 is 6.10 Å². The molecule has 0 aliphatic heterocycles. The van der Waals surface area contributed by atoms with Crippen LogP contribution in [-0.2, 0) is 4.79 Å². The van der Waals surface area contributed by atoms with Gasteiger partial charge in [-0.25, -0.2) is 0 Å². The standard InChI is InChI=1S/C20H25NO2/c1-4-19(23-18-12-10-15(2)11-13-18)20(22)21-14-16(3)17-8-6-5-7-9-17/h5-13,16,19H,4,14H2,1-3H3,(H,21,22)/t16-,19-/m1/s1. The number of ether oxygens (including phenoxy) is 1. The molecule has 0 bridgehead atoms. The maximum atomic E-state index is 12.3. The summed E-state index contributed by atoms with van der Waals surface area (Å²) in [5.41, 5.74) is 2.40. The highest BCUT2D eigenvalue weighted by atomic mass is 16.5. The van der Waals surface area contributed by atoms with Gasteiger partial charge in [0.2, 0.25) is 0 Å². The minimum atomic E-state index is -0.458. The van der Waals surface area contributed by atoms with Gasteiger partial charge in [0.25, 0.3) is 5.91 Å². The highest BCUT2D eigenvalue weighted by Gasteiger charge is 2.19. The molecule has 0 aromatic heterocycles. The van der Waals surface area contributed by atoms with Gasteiger partial charge in [-0.2, -0.15) is 0 Å². The van der Waals surface area contributed by atoms with Gasteiger partial charge in [-0.15, -0.1) is 0 Å². The third-order valence-electron chi connectivity index (χ3n) is 3.91. The van der Waals surface area contributed by atoms with E-state index in [1.54, 1.807) is 0 Å². The molecule has 0 aliphatic rings. The molecule has 2 aromatic rings. The summed E-state index contributed by atoms with van der Waals surface area (Å²) in [6, 6.07) is 18.0. The lowest BCUT2D eigenvalue weighted by atomic mass is 10.0. The highest BCUT2D eigenvalue weighted by molar-refractivity contribution is 5.81. The summed E-state index contributed by atoms with van der Waals surface area (Å²) in [6.07, 6.45) is 0.181. The summed E-state index contributed by atoms with van der Waals surface area (Å²) in [5, 5.41) is 3.00. The van der Waals surface area contributed by atoms with Crippen LogP contribution in [0.2, 0.25) is 0 Å². The van der Waals surface area contributed by atoms with Crippen molar-refractivity contribution >= 4 is 5.91 Å². The fourth-order valence-corrected chi connectivity index (χ4v) is 2.37. The van der Waals surface area contributed by atoms with Crippen LogP contribution in [-0.4, -0.2) is 18.6 Å². The Morgan fingerprint density at radius 1 is 1.09 bits per heavy atom. The Morgan fingerprint density at radius 3 is 2.35 bits per heavy atom. The third kappa shape index (κ3) is 5.13. The Bertz CT molecular complexity index is 607. The van der Waals surface area contributed by atoms with Gasteiger partial charge in [-0.1, -0.05) is 61.9 Å². The van der Waals surface area contributed by atoms with Crippen LogP contribution in [0.15, 0.2) is 54.6 Å². The summed E-state index contributed by atoms with van der Waals surface area (Å²) >= 11 is 0. The van der Waals surface area contributed by atoms with Crippen molar-refractivity contribution in [3.05, 3.63) is 65.7 Å². The molecular formula is C20H25NO2. The van der Waals surface area contributed by atoms with Crippen molar-refractivity contribution in [3.8, 4) is 5.75 Å². The Labute approximate surface area is 138 Å². The van der Waals surface area contributed by atoms with Crippen molar-refractivity contribution in [3.63, 3.8) is 0 Å². The number of hydrogen-bond donors (Lipinski definition) is 1. The molecule has 2 atom stereocenters. The summed E-state index contributed by atoms with van der Waals surface area (Å²) in [7, 11) is 0. The quantitative estimate of drug-likeness (QED) is 0.837. The summed E-state index contributed by atoms with van der Waals surface area (Å²) in [4.78, 5) is 12.3. The monoisotopic (exact) mass is 311 g/mol. The van der Waals surface area contributed by atoms with Gasteiger partial charge in [-0.05, 0) is 37.0 Å². The average molecular weight is 311 g/mol. The fraction of sp³-hybridized carbons (Fsp3) is 0.350. The molecule has 0 saturated carbocycles. The molecule has 1 amide bonds. The Balaban J connectivity index is 1.88. The summed E-state index contributed by atoms with van der Waals surface area (Å²) < 4.78 is 5.81. The number of carbonyl (C=O) groups is 1. The molecule has 1 N–H and O–H groups in total. The lowest BCUT2D eigenvalue weighted by Crippen LogP contribution is -2.39. The lowest BCUT2D eigenvalue weighted by molar-refractivity contribution is -0.128. The molecule has 0 heterocycles. The predicted octanol–water partition coefficient (Wildman–Crippen LogP) is 4.07. The first-order chi connectivity index (χ1) is 11.1. The van der Waals surface area contributed by atoms with Crippen molar-refractivity contribution in [2.45, 2.75) is 39.2 Å². The first-order valence-electron chi connectivity index (χ1n) is 8.16. The van der Waals surface area contributed by atoms with Crippen LogP contribution in [0.1, 0.15) is 37.3 Å². The van der Waals surface area contributed by atoms with E-state index in [-0.39, 0.29) is 11.8 Å². The number of carbonyl (C=O) groups excluding carboxylic acids is 1. The first-order valence-corrected chi connectivity index (χ1v) is 8.16. The Hall–Kier alpha value is -2.29. The Morgan fingerprint density at radius 2 is 1.74 bits per heavy atom. The van der Waals surface area contributed by atoms with Gasteiger partial charge in [0.1, 0.15) is 5.75 Å². The Kier molecular flexibility index (Phi) is 6.21. The molecule has 0 spiro atoms. The normalized spacial score (nSPS) is 13.2. The summed E-state index contributed by atoms with van der Waals surface area (Å²) in [6.45, 7) is 6.70. The number of rotatable bonds is 7. The van der Waals surface area contributed by atoms with E-state index >= 15 is 0 Å². The lowest BCUT2D eigenvalue weighted by Gasteiger charge is -2.19. The van der Waals surface area contributed by atoms with Crippen molar-refractivity contribution in [2.24, 2.45) is 0 Å². The van der Waals surface area contributed by atoms with E-state index in [1.807, 2.05) is 56.3 Å². The van der Waals surface area contributed by atoms with Crippen LogP contribution < -0.4 is 10.1 Å². The molecule has 2 rings (SSSR count). The van der Waals surface area contributed by atoms with Crippen molar-refractivity contribution < 1.29 is 9.53 Å². The van der Waals surface area contributed by atoms with Crippen molar-refractivity contribution in [2.75, 3.05) is 6.54 Å². The van der Waals surface area contributed by atoms with Crippen LogP contribution in [0.25, 0.3) is 0 Å². The van der Waals surface area contributed by atoms with E-state index in [0.717, 1.165) is 5.75 Å². The molecule has 0 fully saturated rings. The van der Waals surface area contributed by atoms with Gasteiger partial charge in [0.15, 0.2) is 6.10 Å². The number of amides is 1. The second-order valence-corrected chi connectivity index (χ2v) is 5.88. The van der Waals surface area contributed by atoms with E-state index in [9.17, 15) is 4.79 Å². The minimum Gasteiger partial charge on any atom is -0.481 e. The van der Waals surface area contributed by atoms with Crippen LogP contribution >= 0.6 is 0 Å². The number of hydrogen-bond acceptors (Lipinski definition) is 2. The van der Waals surface area contributed by atoms with E-state index in [2.05, 4.69) is 24.4 Å². The molecule has 3 heteroatoms. The van der Waals surface area contributed by atoms with Gasteiger partial charge < -0.3 is 10.1 Å². The summed E-state index contributed by atoms with van der Waals surface area (Å²) in [5.74, 6) is 0.946. The first kappa shape index (κ1) is 17.1. The van der Waals surface area contributed by atoms with Gasteiger partial charge in [0.05, 0.1) is 0 Å². The molecule has 122 valence electrons. The average Bonchev–Trinajstić information content (AvgIpc) is 2.59. The minimum absolute atomic E-state index is 0.0594. The predicted molar refractivity (Wildman–Crippen MR) is 93.8 cm³/mol. The number of aryl methyl sites for hydroxylation is 1. The number of benzene rings is 2. The zero-order valence-corrected chi connectivity index (χ0v) is 14.1. The molecule has 3 nitrogen and oxygen atoms in total. The van der Waals surface area contributed by atoms with Crippen LogP contribution in [0.4, 0.5) is 0 Å². The molecule has 2 aromatic carbocycles. The highest BCUT2D eigenvalue weighted by Crippen LogP contribution is 2.16. The molecule has 0 aliphatic carbocycles. The molecule has 0 radical (unpaired) electrons. The molecule has 23 heavy (non-hydrogen) atoms. The van der Waals surface area contributed by atoms with E-state index in [0.29, 0.717) is 13.0 Å². The van der Waals surface area contributed by atoms with Gasteiger partial charge in [-0.3, -0.25) is 4.79 Å². The van der Waals surface area contributed by atoms with Crippen LogP contribution in [0, 0.1) is 6.92 Å².